The number of nitrogens with one attached hydrogen (secondary N) is 2. The summed E-state index contributed by atoms with van der Waals surface area (Å²) in [5.41, 5.74) is 0. The lowest BCUT2D eigenvalue weighted by atomic mass is 10.1. The van der Waals surface area contributed by atoms with Gasteiger partial charge in [0, 0.05) is 0 Å². The van der Waals surface area contributed by atoms with E-state index in [-0.39, 0.29) is 6.54 Å². The number of urea groups is 1. The van der Waals surface area contributed by atoms with Crippen LogP contribution in [0.1, 0.15) is 13.3 Å². The van der Waals surface area contributed by atoms with E-state index in [0.29, 0.717) is 6.42 Å². The molecule has 1 rings (SSSR count). The molecule has 17 heavy (non-hydrogen) atoms. The lowest BCUT2D eigenvalue weighted by molar-refractivity contribution is -0.138. The minimum atomic E-state index is -1.20. The zero-order valence-electron chi connectivity index (χ0n) is 9.23. The van der Waals surface area contributed by atoms with Crippen molar-refractivity contribution in [3.05, 3.63) is 0 Å². The fourth-order valence-corrected chi connectivity index (χ4v) is 1.54. The molecule has 1 atom stereocenters. The van der Waals surface area contributed by atoms with Gasteiger partial charge in [-0.1, -0.05) is 6.92 Å². The summed E-state index contributed by atoms with van der Waals surface area (Å²) in [5, 5.41) is 12.6. The highest BCUT2D eigenvalue weighted by Gasteiger charge is 2.35. The smallest absolute Gasteiger partial charge is 0.323 e. The van der Waals surface area contributed by atoms with Crippen LogP contribution in [0, 0.1) is 0 Å². The van der Waals surface area contributed by atoms with E-state index in [4.69, 9.17) is 5.11 Å². The van der Waals surface area contributed by atoms with Crippen LogP contribution in [0.2, 0.25) is 0 Å². The maximum atomic E-state index is 11.6. The topological polar surface area (TPSA) is 116 Å². The molecule has 0 bridgehead atoms. The predicted molar refractivity (Wildman–Crippen MR) is 55.0 cm³/mol. The van der Waals surface area contributed by atoms with Crippen molar-refractivity contribution >= 4 is 23.8 Å². The standard InChI is InChI=1S/C9H13N3O5/c1-2-5-8(16)11-6(13)4-12(5)9(17)10-3-7(14)15/h5H,2-4H2,1H3,(H,10,17)(H,14,15)(H,11,13,16). The van der Waals surface area contributed by atoms with E-state index in [2.05, 4.69) is 10.6 Å². The lowest BCUT2D eigenvalue weighted by Gasteiger charge is -2.33. The Labute approximate surface area is 97.0 Å². The molecule has 0 spiro atoms. The minimum Gasteiger partial charge on any atom is -0.480 e. The van der Waals surface area contributed by atoms with Gasteiger partial charge in [0.25, 0.3) is 0 Å². The maximum absolute atomic E-state index is 11.6. The molecule has 1 heterocycles. The predicted octanol–water partition coefficient (Wildman–Crippen LogP) is -1.48. The summed E-state index contributed by atoms with van der Waals surface area (Å²) in [6, 6.07) is -1.48. The van der Waals surface area contributed by atoms with Crippen LogP contribution in [0.5, 0.6) is 0 Å². The van der Waals surface area contributed by atoms with Gasteiger partial charge in [-0.3, -0.25) is 19.7 Å². The summed E-state index contributed by atoms with van der Waals surface area (Å²) >= 11 is 0. The molecule has 4 amide bonds. The van der Waals surface area contributed by atoms with Crippen LogP contribution in [-0.4, -0.2) is 53.0 Å². The van der Waals surface area contributed by atoms with Crippen molar-refractivity contribution in [3.8, 4) is 0 Å². The van der Waals surface area contributed by atoms with Crippen LogP contribution in [-0.2, 0) is 14.4 Å². The number of nitrogens with zero attached hydrogens (tertiary/aromatic N) is 1. The van der Waals surface area contributed by atoms with Crippen LogP contribution < -0.4 is 10.6 Å². The molecule has 94 valence electrons. The van der Waals surface area contributed by atoms with Gasteiger partial charge in [-0.2, -0.15) is 0 Å². The molecule has 0 aromatic heterocycles. The number of rotatable bonds is 3. The summed E-state index contributed by atoms with van der Waals surface area (Å²) in [6.45, 7) is 0.884. The molecule has 0 aromatic carbocycles. The molecule has 1 saturated heterocycles. The third-order valence-electron chi connectivity index (χ3n) is 2.29. The van der Waals surface area contributed by atoms with Crippen LogP contribution in [0.4, 0.5) is 4.79 Å². The van der Waals surface area contributed by atoms with Gasteiger partial charge in [0.1, 0.15) is 19.1 Å². The van der Waals surface area contributed by atoms with E-state index in [9.17, 15) is 19.2 Å². The molecule has 1 unspecified atom stereocenters. The van der Waals surface area contributed by atoms with Gasteiger partial charge in [-0.15, -0.1) is 0 Å². The Morgan fingerprint density at radius 2 is 2.18 bits per heavy atom. The van der Waals surface area contributed by atoms with Crippen LogP contribution >= 0.6 is 0 Å². The molecular formula is C9H13N3O5. The molecule has 8 nitrogen and oxygen atoms in total. The number of imide groups is 1. The second-order valence-corrected chi connectivity index (χ2v) is 3.52. The number of hydrogen-bond acceptors (Lipinski definition) is 4. The molecule has 3 N–H and O–H groups in total. The third-order valence-corrected chi connectivity index (χ3v) is 2.29. The molecule has 0 radical (unpaired) electrons. The molecule has 1 aliphatic rings. The first-order valence-corrected chi connectivity index (χ1v) is 5.05. The SMILES string of the molecule is CCC1C(=O)NC(=O)CN1C(=O)NCC(=O)O. The average Bonchev–Trinajstić information content (AvgIpc) is 2.24. The van der Waals surface area contributed by atoms with Crippen LogP contribution in [0.15, 0.2) is 0 Å². The van der Waals surface area contributed by atoms with Gasteiger partial charge < -0.3 is 15.3 Å². The van der Waals surface area contributed by atoms with E-state index < -0.39 is 36.4 Å². The summed E-state index contributed by atoms with van der Waals surface area (Å²) in [6.07, 6.45) is 0.347. The van der Waals surface area contributed by atoms with Crippen molar-refractivity contribution in [1.29, 1.82) is 0 Å². The average molecular weight is 243 g/mol. The monoisotopic (exact) mass is 243 g/mol. The number of aliphatic carboxylic acids is 1. The highest BCUT2D eigenvalue weighted by Crippen LogP contribution is 2.08. The number of carbonyl (C=O) groups is 4. The van der Waals surface area contributed by atoms with Gasteiger partial charge in [0.2, 0.25) is 11.8 Å². The van der Waals surface area contributed by atoms with E-state index in [1.165, 1.54) is 0 Å². The first-order chi connectivity index (χ1) is 7.95. The number of carboxylic acids is 1. The van der Waals surface area contributed by atoms with Crippen molar-refractivity contribution in [3.63, 3.8) is 0 Å². The Balaban J connectivity index is 2.70. The highest BCUT2D eigenvalue weighted by atomic mass is 16.4. The molecule has 0 aromatic rings. The van der Waals surface area contributed by atoms with E-state index in [0.717, 1.165) is 4.90 Å². The van der Waals surface area contributed by atoms with Crippen molar-refractivity contribution < 1.29 is 24.3 Å². The summed E-state index contributed by atoms with van der Waals surface area (Å²) in [4.78, 5) is 45.4. The molecule has 0 saturated carbocycles. The zero-order chi connectivity index (χ0) is 13.0. The molecule has 0 aliphatic carbocycles. The molecule has 8 heteroatoms. The summed E-state index contributed by atoms with van der Waals surface area (Å²) in [5.74, 6) is -2.32. The Hall–Kier alpha value is -2.12. The number of carboxylic acid groups (broad SMARTS) is 1. The summed E-state index contributed by atoms with van der Waals surface area (Å²) < 4.78 is 0. The second kappa shape index (κ2) is 5.28. The Bertz CT molecular complexity index is 368. The number of hydrogen-bond donors (Lipinski definition) is 3. The van der Waals surface area contributed by atoms with Crippen LogP contribution in [0.25, 0.3) is 0 Å². The van der Waals surface area contributed by atoms with Crippen LogP contribution in [0.3, 0.4) is 0 Å². The van der Waals surface area contributed by atoms with Crippen molar-refractivity contribution in [1.82, 2.24) is 15.5 Å². The fourth-order valence-electron chi connectivity index (χ4n) is 1.54. The largest absolute Gasteiger partial charge is 0.480 e. The van der Waals surface area contributed by atoms with Crippen molar-refractivity contribution in [2.24, 2.45) is 0 Å². The third kappa shape index (κ3) is 3.16. The van der Waals surface area contributed by atoms with Crippen molar-refractivity contribution in [2.45, 2.75) is 19.4 Å². The first kappa shape index (κ1) is 12.9. The first-order valence-electron chi connectivity index (χ1n) is 5.05. The van der Waals surface area contributed by atoms with Gasteiger partial charge in [-0.05, 0) is 6.42 Å². The Morgan fingerprint density at radius 3 is 2.71 bits per heavy atom. The van der Waals surface area contributed by atoms with E-state index in [1.54, 1.807) is 6.92 Å². The fraction of sp³-hybridized carbons (Fsp3) is 0.556. The quantitative estimate of drug-likeness (QED) is 0.523. The molecule has 1 fully saturated rings. The second-order valence-electron chi connectivity index (χ2n) is 3.52. The van der Waals surface area contributed by atoms with Gasteiger partial charge >= 0.3 is 12.0 Å². The molecule has 1 aliphatic heterocycles. The molecular weight excluding hydrogens is 230 g/mol. The highest BCUT2D eigenvalue weighted by molar-refractivity contribution is 6.04. The Morgan fingerprint density at radius 1 is 1.53 bits per heavy atom. The number of amides is 4. The van der Waals surface area contributed by atoms with Gasteiger partial charge in [0.05, 0.1) is 0 Å². The van der Waals surface area contributed by atoms with Gasteiger partial charge in [0.15, 0.2) is 0 Å². The van der Waals surface area contributed by atoms with E-state index in [1.807, 2.05) is 0 Å². The summed E-state index contributed by atoms with van der Waals surface area (Å²) in [7, 11) is 0. The number of piperazine rings is 1. The normalized spacial score (nSPS) is 19.8. The van der Waals surface area contributed by atoms with Crippen molar-refractivity contribution in [2.75, 3.05) is 13.1 Å². The maximum Gasteiger partial charge on any atom is 0.323 e. The number of carbonyl (C=O) groups excluding carboxylic acids is 3. The Kier molecular flexibility index (Phi) is 4.02. The zero-order valence-corrected chi connectivity index (χ0v) is 9.23. The minimum absolute atomic E-state index is 0.254. The van der Waals surface area contributed by atoms with E-state index >= 15 is 0 Å². The van der Waals surface area contributed by atoms with Gasteiger partial charge in [-0.25, -0.2) is 4.79 Å². The lowest BCUT2D eigenvalue weighted by Crippen LogP contribution is -2.61.